The molecule has 0 saturated carbocycles. The first-order chi connectivity index (χ1) is 18.6. The third-order valence-electron chi connectivity index (χ3n) is 7.32. The number of nitrogens with one attached hydrogen (secondary N) is 1. The van der Waals surface area contributed by atoms with Gasteiger partial charge in [0.1, 0.15) is 5.75 Å². The number of carbonyl (C=O) groups is 1. The molecule has 1 aliphatic rings. The zero-order valence-corrected chi connectivity index (χ0v) is 23.3. The standard InChI is InChI=1S/C29H35F3N4O2S/c1-20-8-13-33-22(3)27(20)28(37)34-14-9-21(2)35-15-10-25(11-16-35)36(18-23-12-17-39-19-23)24-4-6-26(7-5-24)38-29(30,31)32/h4-8,12-13,17,19,21,25H,9-11,14-16,18H2,1-3H3,(H,34,37)/t21-/m1/s1. The van der Waals surface area contributed by atoms with E-state index in [1.165, 1.54) is 17.7 Å². The topological polar surface area (TPSA) is 57.7 Å². The number of hydrogen-bond acceptors (Lipinski definition) is 6. The van der Waals surface area contributed by atoms with Gasteiger partial charge in [0.15, 0.2) is 0 Å². The molecule has 2 aromatic heterocycles. The highest BCUT2D eigenvalue weighted by atomic mass is 32.1. The summed E-state index contributed by atoms with van der Waals surface area (Å²) in [5.74, 6) is -0.300. The molecule has 1 saturated heterocycles. The minimum atomic E-state index is -4.71. The molecule has 1 aliphatic heterocycles. The third-order valence-corrected chi connectivity index (χ3v) is 8.05. The van der Waals surface area contributed by atoms with E-state index in [0.29, 0.717) is 24.7 Å². The summed E-state index contributed by atoms with van der Waals surface area (Å²) in [6, 6.07) is 10.7. The SMILES string of the molecule is Cc1ccnc(C)c1C(=O)NCC[C@@H](C)N1CCC(N(Cc2ccsc2)c2ccc(OC(F)(F)F)cc2)CC1. The fraction of sp³-hybridized carbons (Fsp3) is 0.448. The Balaban J connectivity index is 1.32. The normalized spacial score (nSPS) is 15.6. The van der Waals surface area contributed by atoms with Gasteiger partial charge in [-0.3, -0.25) is 9.78 Å². The number of aromatic nitrogens is 1. The second kappa shape index (κ2) is 12.8. The van der Waals surface area contributed by atoms with Gasteiger partial charge < -0.3 is 19.9 Å². The van der Waals surface area contributed by atoms with Crippen LogP contribution in [0.1, 0.15) is 53.4 Å². The van der Waals surface area contributed by atoms with Gasteiger partial charge in [0.05, 0.1) is 11.3 Å². The fourth-order valence-corrected chi connectivity index (χ4v) is 5.85. The quantitative estimate of drug-likeness (QED) is 0.314. The highest BCUT2D eigenvalue weighted by Crippen LogP contribution is 2.30. The minimum Gasteiger partial charge on any atom is -0.406 e. The zero-order valence-electron chi connectivity index (χ0n) is 22.5. The number of carbonyl (C=O) groups excluding carboxylic acids is 1. The number of anilines is 1. The average Bonchev–Trinajstić information content (AvgIpc) is 3.40. The maximum absolute atomic E-state index is 12.7. The van der Waals surface area contributed by atoms with E-state index < -0.39 is 6.36 Å². The summed E-state index contributed by atoms with van der Waals surface area (Å²) in [5, 5.41) is 7.19. The van der Waals surface area contributed by atoms with E-state index in [-0.39, 0.29) is 17.7 Å². The lowest BCUT2D eigenvalue weighted by atomic mass is 9.99. The van der Waals surface area contributed by atoms with Gasteiger partial charge in [0.2, 0.25) is 0 Å². The molecule has 0 bridgehead atoms. The molecular weight excluding hydrogens is 525 g/mol. The van der Waals surface area contributed by atoms with Crippen LogP contribution in [0.5, 0.6) is 5.75 Å². The highest BCUT2D eigenvalue weighted by molar-refractivity contribution is 7.07. The predicted molar refractivity (Wildman–Crippen MR) is 148 cm³/mol. The van der Waals surface area contributed by atoms with Gasteiger partial charge in [0.25, 0.3) is 5.91 Å². The van der Waals surface area contributed by atoms with E-state index in [4.69, 9.17) is 0 Å². The van der Waals surface area contributed by atoms with Crippen LogP contribution in [0.2, 0.25) is 0 Å². The van der Waals surface area contributed by atoms with Crippen molar-refractivity contribution in [2.75, 3.05) is 24.5 Å². The lowest BCUT2D eigenvalue weighted by molar-refractivity contribution is -0.274. The van der Waals surface area contributed by atoms with Crippen molar-refractivity contribution >= 4 is 22.9 Å². The van der Waals surface area contributed by atoms with E-state index >= 15 is 0 Å². The smallest absolute Gasteiger partial charge is 0.406 e. The van der Waals surface area contributed by atoms with Crippen LogP contribution in [0.3, 0.4) is 0 Å². The highest BCUT2D eigenvalue weighted by Gasteiger charge is 2.31. The molecule has 0 unspecified atom stereocenters. The van der Waals surface area contributed by atoms with Crippen molar-refractivity contribution < 1.29 is 22.7 Å². The largest absolute Gasteiger partial charge is 0.573 e. The van der Waals surface area contributed by atoms with Crippen molar-refractivity contribution in [1.29, 1.82) is 0 Å². The number of alkyl halides is 3. The van der Waals surface area contributed by atoms with E-state index in [1.54, 1.807) is 29.7 Å². The molecule has 10 heteroatoms. The van der Waals surface area contributed by atoms with Crippen molar-refractivity contribution in [3.8, 4) is 5.75 Å². The van der Waals surface area contributed by atoms with Gasteiger partial charge in [0, 0.05) is 50.1 Å². The number of piperidine rings is 1. The molecule has 0 spiro atoms. The van der Waals surface area contributed by atoms with Gasteiger partial charge in [-0.1, -0.05) is 0 Å². The van der Waals surface area contributed by atoms with Gasteiger partial charge >= 0.3 is 6.36 Å². The summed E-state index contributed by atoms with van der Waals surface area (Å²) in [4.78, 5) is 21.7. The first-order valence-electron chi connectivity index (χ1n) is 13.2. The fourth-order valence-electron chi connectivity index (χ4n) is 5.19. The van der Waals surface area contributed by atoms with E-state index in [0.717, 1.165) is 49.3 Å². The van der Waals surface area contributed by atoms with Crippen LogP contribution >= 0.6 is 11.3 Å². The van der Waals surface area contributed by atoms with Crippen LogP contribution in [-0.4, -0.2) is 53.9 Å². The number of rotatable bonds is 10. The van der Waals surface area contributed by atoms with Crippen molar-refractivity contribution in [1.82, 2.24) is 15.2 Å². The molecule has 210 valence electrons. The Bertz CT molecular complexity index is 1190. The second-order valence-corrected chi connectivity index (χ2v) is 10.8. The number of benzene rings is 1. The van der Waals surface area contributed by atoms with Crippen LogP contribution in [0.15, 0.2) is 53.4 Å². The number of likely N-dealkylation sites (tertiary alicyclic amines) is 1. The summed E-state index contributed by atoms with van der Waals surface area (Å²) in [7, 11) is 0. The summed E-state index contributed by atoms with van der Waals surface area (Å²) >= 11 is 1.63. The first kappa shape index (κ1) is 28.9. The Hall–Kier alpha value is -3.11. The van der Waals surface area contributed by atoms with Crippen molar-refractivity contribution in [3.05, 3.63) is 75.7 Å². The van der Waals surface area contributed by atoms with E-state index in [2.05, 4.69) is 43.2 Å². The monoisotopic (exact) mass is 560 g/mol. The first-order valence-corrected chi connectivity index (χ1v) is 14.1. The Labute approximate surface area is 231 Å². The number of nitrogens with zero attached hydrogens (tertiary/aromatic N) is 3. The summed E-state index contributed by atoms with van der Waals surface area (Å²) < 4.78 is 41.9. The van der Waals surface area contributed by atoms with Gasteiger partial charge in [-0.05, 0) is 98.3 Å². The molecule has 0 aliphatic carbocycles. The molecule has 1 fully saturated rings. The lowest BCUT2D eigenvalue weighted by Crippen LogP contribution is -2.48. The molecule has 3 aromatic rings. The number of amides is 1. The summed E-state index contributed by atoms with van der Waals surface area (Å²) in [6.45, 7) is 9.07. The molecule has 6 nitrogen and oxygen atoms in total. The maximum atomic E-state index is 12.7. The Morgan fingerprint density at radius 2 is 1.90 bits per heavy atom. The van der Waals surface area contributed by atoms with Crippen molar-refractivity contribution in [3.63, 3.8) is 0 Å². The summed E-state index contributed by atoms with van der Waals surface area (Å²) in [6.07, 6.45) is -0.271. The van der Waals surface area contributed by atoms with E-state index in [1.807, 2.05) is 25.3 Å². The number of hydrogen-bond donors (Lipinski definition) is 1. The van der Waals surface area contributed by atoms with Gasteiger partial charge in [-0.25, -0.2) is 0 Å². The van der Waals surface area contributed by atoms with Crippen LogP contribution in [0.25, 0.3) is 0 Å². The molecule has 1 aromatic carbocycles. The van der Waals surface area contributed by atoms with Crippen LogP contribution in [0, 0.1) is 13.8 Å². The van der Waals surface area contributed by atoms with Gasteiger partial charge in [-0.15, -0.1) is 13.2 Å². The molecular formula is C29H35F3N4O2S. The molecule has 1 N–H and O–H groups in total. The second-order valence-electron chi connectivity index (χ2n) is 10.1. The van der Waals surface area contributed by atoms with Crippen LogP contribution < -0.4 is 15.0 Å². The predicted octanol–water partition coefficient (Wildman–Crippen LogP) is 6.34. The Kier molecular flexibility index (Phi) is 9.50. The lowest BCUT2D eigenvalue weighted by Gasteiger charge is -2.42. The minimum absolute atomic E-state index is 0.0836. The Morgan fingerprint density at radius 3 is 2.51 bits per heavy atom. The molecule has 1 amide bonds. The number of aryl methyl sites for hydroxylation is 2. The molecule has 4 rings (SSSR count). The number of thiophene rings is 1. The van der Waals surface area contributed by atoms with Crippen molar-refractivity contribution in [2.24, 2.45) is 0 Å². The zero-order chi connectivity index (χ0) is 28.0. The Morgan fingerprint density at radius 1 is 1.18 bits per heavy atom. The summed E-state index contributed by atoms with van der Waals surface area (Å²) in [5.41, 5.74) is 4.36. The molecule has 39 heavy (non-hydrogen) atoms. The molecule has 0 radical (unpaired) electrons. The van der Waals surface area contributed by atoms with E-state index in [9.17, 15) is 18.0 Å². The van der Waals surface area contributed by atoms with Crippen molar-refractivity contribution in [2.45, 2.75) is 65.0 Å². The number of ether oxygens (including phenoxy) is 1. The molecule has 1 atom stereocenters. The number of halogens is 3. The van der Waals surface area contributed by atoms with Gasteiger partial charge in [-0.2, -0.15) is 11.3 Å². The molecule has 3 heterocycles. The third kappa shape index (κ3) is 7.95. The average molecular weight is 561 g/mol. The van der Waals surface area contributed by atoms with Crippen LogP contribution in [-0.2, 0) is 6.54 Å². The van der Waals surface area contributed by atoms with Crippen LogP contribution in [0.4, 0.5) is 18.9 Å². The maximum Gasteiger partial charge on any atom is 0.573 e. The number of pyridine rings is 1.